The molecule has 0 bridgehead atoms. The lowest BCUT2D eigenvalue weighted by Gasteiger charge is -2.11. The lowest BCUT2D eigenvalue weighted by atomic mass is 10.2. The number of anilines is 1. The van der Waals surface area contributed by atoms with Crippen LogP contribution in [0.1, 0.15) is 19.4 Å². The zero-order valence-electron chi connectivity index (χ0n) is 13.0. The maximum absolute atomic E-state index is 5.76. The Kier molecular flexibility index (Phi) is 4.37. The van der Waals surface area contributed by atoms with Gasteiger partial charge < -0.3 is 19.5 Å². The molecule has 1 aliphatic rings. The first-order valence-electron chi connectivity index (χ1n) is 7.56. The Balaban J connectivity index is 1.60. The molecule has 0 aromatic heterocycles. The predicted molar refractivity (Wildman–Crippen MR) is 86.7 cm³/mol. The van der Waals surface area contributed by atoms with E-state index >= 15 is 0 Å². The molecule has 3 rings (SSSR count). The van der Waals surface area contributed by atoms with Crippen LogP contribution in [0.3, 0.4) is 0 Å². The van der Waals surface area contributed by atoms with Crippen LogP contribution in [0.5, 0.6) is 17.2 Å². The minimum Gasteiger partial charge on any atom is -0.493 e. The van der Waals surface area contributed by atoms with Gasteiger partial charge in [-0.1, -0.05) is 26.0 Å². The third kappa shape index (κ3) is 3.64. The van der Waals surface area contributed by atoms with Crippen molar-refractivity contribution in [3.8, 4) is 17.2 Å². The Morgan fingerprint density at radius 2 is 1.95 bits per heavy atom. The number of nitrogens with one attached hydrogen (secondary N) is 1. The van der Waals surface area contributed by atoms with Crippen molar-refractivity contribution in [1.82, 2.24) is 0 Å². The Morgan fingerprint density at radius 3 is 2.82 bits per heavy atom. The summed E-state index contributed by atoms with van der Waals surface area (Å²) in [5.74, 6) is 3.03. The van der Waals surface area contributed by atoms with Crippen molar-refractivity contribution < 1.29 is 14.2 Å². The first kappa shape index (κ1) is 14.6. The molecule has 0 aliphatic carbocycles. The average molecular weight is 299 g/mol. The van der Waals surface area contributed by atoms with E-state index in [1.54, 1.807) is 0 Å². The second-order valence-electron chi connectivity index (χ2n) is 5.77. The second-order valence-corrected chi connectivity index (χ2v) is 5.77. The minimum absolute atomic E-state index is 0.300. The van der Waals surface area contributed by atoms with Gasteiger partial charge >= 0.3 is 0 Å². The molecule has 0 radical (unpaired) electrons. The number of fused-ring (bicyclic) bond motifs is 1. The van der Waals surface area contributed by atoms with Gasteiger partial charge in [-0.3, -0.25) is 0 Å². The number of hydrogen-bond donors (Lipinski definition) is 1. The second kappa shape index (κ2) is 6.60. The van der Waals surface area contributed by atoms with Gasteiger partial charge in [-0.25, -0.2) is 0 Å². The van der Waals surface area contributed by atoms with Crippen LogP contribution in [0, 0.1) is 5.92 Å². The van der Waals surface area contributed by atoms with Gasteiger partial charge in [0, 0.05) is 18.3 Å². The summed E-state index contributed by atoms with van der Waals surface area (Å²) >= 11 is 0. The average Bonchev–Trinajstić information content (AvgIpc) is 2.99. The molecule has 1 N–H and O–H groups in total. The maximum Gasteiger partial charge on any atom is 0.231 e. The monoisotopic (exact) mass is 299 g/mol. The van der Waals surface area contributed by atoms with E-state index < -0.39 is 0 Å². The van der Waals surface area contributed by atoms with Crippen LogP contribution in [-0.4, -0.2) is 13.4 Å². The van der Waals surface area contributed by atoms with Crippen LogP contribution in [-0.2, 0) is 6.54 Å². The van der Waals surface area contributed by atoms with Crippen LogP contribution in [0.4, 0.5) is 5.69 Å². The molecule has 0 unspecified atom stereocenters. The zero-order valence-corrected chi connectivity index (χ0v) is 13.0. The molecule has 0 saturated heterocycles. The molecule has 0 amide bonds. The molecule has 116 valence electrons. The smallest absolute Gasteiger partial charge is 0.231 e. The summed E-state index contributed by atoms with van der Waals surface area (Å²) in [6.07, 6.45) is 0. The zero-order chi connectivity index (χ0) is 15.4. The molecule has 4 nitrogen and oxygen atoms in total. The van der Waals surface area contributed by atoms with Gasteiger partial charge in [0.25, 0.3) is 0 Å². The topological polar surface area (TPSA) is 39.7 Å². The lowest BCUT2D eigenvalue weighted by Crippen LogP contribution is -2.05. The van der Waals surface area contributed by atoms with E-state index in [1.165, 1.54) is 5.56 Å². The third-order valence-corrected chi connectivity index (χ3v) is 3.35. The van der Waals surface area contributed by atoms with E-state index in [-0.39, 0.29) is 0 Å². The van der Waals surface area contributed by atoms with Crippen molar-refractivity contribution in [1.29, 1.82) is 0 Å². The molecular weight excluding hydrogens is 278 g/mol. The molecular formula is C18H21NO3. The Morgan fingerprint density at radius 1 is 1.09 bits per heavy atom. The highest BCUT2D eigenvalue weighted by Gasteiger charge is 2.12. The molecule has 2 aromatic carbocycles. The highest BCUT2D eigenvalue weighted by molar-refractivity contribution is 5.55. The Bertz CT molecular complexity index is 640. The summed E-state index contributed by atoms with van der Waals surface area (Å²) in [6, 6.07) is 14.0. The number of ether oxygens (including phenoxy) is 3. The molecule has 0 atom stereocenters. The lowest BCUT2D eigenvalue weighted by molar-refractivity contribution is 0.174. The van der Waals surface area contributed by atoms with Crippen molar-refractivity contribution in [2.75, 3.05) is 18.7 Å². The summed E-state index contributed by atoms with van der Waals surface area (Å²) < 4.78 is 16.5. The molecule has 0 saturated carbocycles. The summed E-state index contributed by atoms with van der Waals surface area (Å²) in [5.41, 5.74) is 2.19. The molecule has 0 spiro atoms. The first-order valence-corrected chi connectivity index (χ1v) is 7.56. The number of benzene rings is 2. The van der Waals surface area contributed by atoms with Gasteiger partial charge in [-0.2, -0.15) is 0 Å². The van der Waals surface area contributed by atoms with Crippen molar-refractivity contribution in [2.24, 2.45) is 5.92 Å². The van der Waals surface area contributed by atoms with E-state index in [0.717, 1.165) is 36.1 Å². The van der Waals surface area contributed by atoms with Crippen molar-refractivity contribution in [3.63, 3.8) is 0 Å². The summed E-state index contributed by atoms with van der Waals surface area (Å²) in [6.45, 7) is 6.06. The van der Waals surface area contributed by atoms with Gasteiger partial charge in [0.1, 0.15) is 5.75 Å². The molecule has 1 heterocycles. The Hall–Kier alpha value is -2.36. The van der Waals surface area contributed by atoms with E-state index in [1.807, 2.05) is 30.3 Å². The van der Waals surface area contributed by atoms with Gasteiger partial charge in [-0.05, 0) is 35.7 Å². The van der Waals surface area contributed by atoms with Crippen molar-refractivity contribution >= 4 is 5.69 Å². The predicted octanol–water partition coefficient (Wildman–Crippen LogP) is 4.06. The molecule has 4 heteroatoms. The van der Waals surface area contributed by atoms with E-state index in [9.17, 15) is 0 Å². The highest BCUT2D eigenvalue weighted by Crippen LogP contribution is 2.34. The molecule has 1 aliphatic heterocycles. The van der Waals surface area contributed by atoms with Gasteiger partial charge in [0.15, 0.2) is 11.5 Å². The van der Waals surface area contributed by atoms with Gasteiger partial charge in [-0.15, -0.1) is 0 Å². The fourth-order valence-corrected chi connectivity index (χ4v) is 2.22. The quantitative estimate of drug-likeness (QED) is 0.873. The number of rotatable bonds is 6. The molecule has 2 aromatic rings. The third-order valence-electron chi connectivity index (χ3n) is 3.35. The maximum atomic E-state index is 5.76. The van der Waals surface area contributed by atoms with E-state index in [4.69, 9.17) is 14.2 Å². The van der Waals surface area contributed by atoms with Crippen LogP contribution in [0.25, 0.3) is 0 Å². The van der Waals surface area contributed by atoms with Crippen LogP contribution in [0.2, 0.25) is 0 Å². The SMILES string of the molecule is CC(C)COc1cccc(CNc2ccc3c(c2)OCO3)c1. The van der Waals surface area contributed by atoms with E-state index in [2.05, 4.69) is 31.3 Å². The van der Waals surface area contributed by atoms with Crippen LogP contribution >= 0.6 is 0 Å². The molecule has 0 fully saturated rings. The highest BCUT2D eigenvalue weighted by atomic mass is 16.7. The largest absolute Gasteiger partial charge is 0.493 e. The fourth-order valence-electron chi connectivity index (χ4n) is 2.22. The Labute approximate surface area is 131 Å². The standard InChI is InChI=1S/C18H21NO3/c1-13(2)11-20-16-5-3-4-14(8-16)10-19-15-6-7-17-18(9-15)22-12-21-17/h3-9,13,19H,10-12H2,1-2H3. The summed E-state index contributed by atoms with van der Waals surface area (Å²) in [4.78, 5) is 0. The van der Waals surface area contributed by atoms with Gasteiger partial charge in [0.2, 0.25) is 6.79 Å². The van der Waals surface area contributed by atoms with Crippen LogP contribution < -0.4 is 19.5 Å². The van der Waals surface area contributed by atoms with Crippen molar-refractivity contribution in [2.45, 2.75) is 20.4 Å². The van der Waals surface area contributed by atoms with Gasteiger partial charge in [0.05, 0.1) is 6.61 Å². The normalized spacial score (nSPS) is 12.5. The number of hydrogen-bond acceptors (Lipinski definition) is 4. The fraction of sp³-hybridized carbons (Fsp3) is 0.333. The molecule has 22 heavy (non-hydrogen) atoms. The summed E-state index contributed by atoms with van der Waals surface area (Å²) in [7, 11) is 0. The first-order chi connectivity index (χ1) is 10.7. The van der Waals surface area contributed by atoms with Crippen molar-refractivity contribution in [3.05, 3.63) is 48.0 Å². The van der Waals surface area contributed by atoms with Crippen LogP contribution in [0.15, 0.2) is 42.5 Å². The minimum atomic E-state index is 0.300. The van der Waals surface area contributed by atoms with E-state index in [0.29, 0.717) is 12.7 Å². The summed E-state index contributed by atoms with van der Waals surface area (Å²) in [5, 5.41) is 3.39.